The van der Waals surface area contributed by atoms with Gasteiger partial charge < -0.3 is 10.1 Å². The molecule has 2 unspecified atom stereocenters. The zero-order valence-corrected chi connectivity index (χ0v) is 10.9. The van der Waals surface area contributed by atoms with Crippen LogP contribution in [0.2, 0.25) is 0 Å². The van der Waals surface area contributed by atoms with Crippen LogP contribution < -0.4 is 5.32 Å². The van der Waals surface area contributed by atoms with Crippen LogP contribution in [0.4, 0.5) is 8.78 Å². The number of rotatable bonds is 4. The molecule has 19 heavy (non-hydrogen) atoms. The summed E-state index contributed by atoms with van der Waals surface area (Å²) in [6.07, 6.45) is 4.50. The fraction of sp³-hybridized carbons (Fsp3) is 0.600. The number of hydrogen-bond donors (Lipinski definition) is 1. The summed E-state index contributed by atoms with van der Waals surface area (Å²) >= 11 is 0. The maximum absolute atomic E-state index is 13.3. The van der Waals surface area contributed by atoms with Crippen molar-refractivity contribution in [2.45, 2.75) is 37.8 Å². The molecule has 4 heteroatoms. The van der Waals surface area contributed by atoms with Crippen LogP contribution in [-0.4, -0.2) is 19.2 Å². The number of nitrogens with one attached hydrogen (secondary N) is 1. The summed E-state index contributed by atoms with van der Waals surface area (Å²) in [6.45, 7) is 1.60. The van der Waals surface area contributed by atoms with Crippen molar-refractivity contribution >= 4 is 0 Å². The van der Waals surface area contributed by atoms with E-state index in [1.165, 1.54) is 25.0 Å². The second-order valence-corrected chi connectivity index (χ2v) is 5.55. The average molecular weight is 267 g/mol. The minimum Gasteiger partial charge on any atom is -0.373 e. The van der Waals surface area contributed by atoms with Crippen molar-refractivity contribution in [3.05, 3.63) is 35.4 Å². The third-order valence-electron chi connectivity index (χ3n) is 3.96. The van der Waals surface area contributed by atoms with Crippen LogP contribution in [0.25, 0.3) is 0 Å². The highest BCUT2D eigenvalue weighted by Gasteiger charge is 2.30. The summed E-state index contributed by atoms with van der Waals surface area (Å²) in [5.74, 6) is -1.24. The first kappa shape index (κ1) is 13.0. The second kappa shape index (κ2) is 5.55. The molecular weight excluding hydrogens is 248 g/mol. The van der Waals surface area contributed by atoms with Gasteiger partial charge in [-0.05, 0) is 43.4 Å². The van der Waals surface area contributed by atoms with E-state index in [1.54, 1.807) is 6.07 Å². The third-order valence-corrected chi connectivity index (χ3v) is 3.96. The first-order chi connectivity index (χ1) is 9.24. The standard InChI is InChI=1S/C15H19F2NO/c16-13-6-3-10(8-14(13)17)15-11(2-1-7-19-15)9-18-12-4-5-12/h3,6,8,11-12,15,18H,1-2,4-5,7,9H2. The highest BCUT2D eigenvalue weighted by molar-refractivity contribution is 5.21. The largest absolute Gasteiger partial charge is 0.373 e. The van der Waals surface area contributed by atoms with E-state index in [4.69, 9.17) is 4.74 Å². The first-order valence-electron chi connectivity index (χ1n) is 7.04. The highest BCUT2D eigenvalue weighted by atomic mass is 19.2. The maximum Gasteiger partial charge on any atom is 0.159 e. The molecule has 1 saturated heterocycles. The zero-order chi connectivity index (χ0) is 13.2. The summed E-state index contributed by atoms with van der Waals surface area (Å²) in [5, 5.41) is 3.50. The van der Waals surface area contributed by atoms with Crippen LogP contribution >= 0.6 is 0 Å². The fourth-order valence-corrected chi connectivity index (χ4v) is 2.72. The molecule has 0 spiro atoms. The Kier molecular flexibility index (Phi) is 3.80. The van der Waals surface area contributed by atoms with Gasteiger partial charge in [0.05, 0.1) is 6.10 Å². The van der Waals surface area contributed by atoms with Crippen LogP contribution in [-0.2, 0) is 4.74 Å². The van der Waals surface area contributed by atoms with Crippen molar-refractivity contribution in [2.24, 2.45) is 5.92 Å². The van der Waals surface area contributed by atoms with E-state index in [2.05, 4.69) is 5.32 Å². The molecule has 1 aliphatic heterocycles. The van der Waals surface area contributed by atoms with E-state index >= 15 is 0 Å². The highest BCUT2D eigenvalue weighted by Crippen LogP contribution is 2.34. The predicted octanol–water partition coefficient (Wildman–Crippen LogP) is 3.18. The van der Waals surface area contributed by atoms with Gasteiger partial charge in [0.15, 0.2) is 11.6 Å². The smallest absolute Gasteiger partial charge is 0.159 e. The SMILES string of the molecule is Fc1ccc(C2OCCCC2CNC2CC2)cc1F. The van der Waals surface area contributed by atoms with E-state index in [1.807, 2.05) is 0 Å². The molecule has 1 N–H and O–H groups in total. The quantitative estimate of drug-likeness (QED) is 0.904. The molecule has 1 aromatic carbocycles. The van der Waals surface area contributed by atoms with Gasteiger partial charge in [0.2, 0.25) is 0 Å². The Hall–Kier alpha value is -1.00. The molecule has 1 aliphatic carbocycles. The molecule has 104 valence electrons. The van der Waals surface area contributed by atoms with Crippen LogP contribution in [0.5, 0.6) is 0 Å². The van der Waals surface area contributed by atoms with Crippen LogP contribution in [0.3, 0.4) is 0 Å². The zero-order valence-electron chi connectivity index (χ0n) is 10.9. The summed E-state index contributed by atoms with van der Waals surface area (Å²) in [6, 6.07) is 4.76. The third kappa shape index (κ3) is 3.12. The van der Waals surface area contributed by atoms with Crippen molar-refractivity contribution in [1.29, 1.82) is 0 Å². The summed E-state index contributed by atoms with van der Waals surface area (Å²) in [5.41, 5.74) is 0.751. The molecule has 0 bridgehead atoms. The van der Waals surface area contributed by atoms with Gasteiger partial charge >= 0.3 is 0 Å². The van der Waals surface area contributed by atoms with Gasteiger partial charge in [-0.2, -0.15) is 0 Å². The molecule has 2 atom stereocenters. The van der Waals surface area contributed by atoms with Crippen molar-refractivity contribution in [3.8, 4) is 0 Å². The Morgan fingerprint density at radius 1 is 1.16 bits per heavy atom. The van der Waals surface area contributed by atoms with E-state index in [0.717, 1.165) is 24.9 Å². The molecule has 3 rings (SSSR count). The number of halogens is 2. The van der Waals surface area contributed by atoms with Crippen LogP contribution in [0.1, 0.15) is 37.4 Å². The lowest BCUT2D eigenvalue weighted by molar-refractivity contribution is -0.0280. The Labute approximate surface area is 112 Å². The Morgan fingerprint density at radius 2 is 2.00 bits per heavy atom. The van der Waals surface area contributed by atoms with E-state index in [0.29, 0.717) is 18.6 Å². The molecule has 1 heterocycles. The van der Waals surface area contributed by atoms with Gasteiger partial charge in [0.1, 0.15) is 0 Å². The molecular formula is C15H19F2NO. The summed E-state index contributed by atoms with van der Waals surface area (Å²) in [7, 11) is 0. The predicted molar refractivity (Wildman–Crippen MR) is 68.8 cm³/mol. The van der Waals surface area contributed by atoms with E-state index < -0.39 is 11.6 Å². The summed E-state index contributed by atoms with van der Waals surface area (Å²) in [4.78, 5) is 0. The maximum atomic E-state index is 13.3. The number of benzene rings is 1. The topological polar surface area (TPSA) is 21.3 Å². The van der Waals surface area contributed by atoms with Gasteiger partial charge in [0, 0.05) is 25.1 Å². The van der Waals surface area contributed by atoms with Crippen LogP contribution in [0.15, 0.2) is 18.2 Å². The Balaban J connectivity index is 1.72. The van der Waals surface area contributed by atoms with Gasteiger partial charge in [-0.3, -0.25) is 0 Å². The molecule has 1 saturated carbocycles. The lowest BCUT2D eigenvalue weighted by Gasteiger charge is -2.32. The van der Waals surface area contributed by atoms with Gasteiger partial charge in [-0.25, -0.2) is 8.78 Å². The van der Waals surface area contributed by atoms with Gasteiger partial charge in [-0.15, -0.1) is 0 Å². The lowest BCUT2D eigenvalue weighted by atomic mass is 9.89. The molecule has 1 aromatic rings. The Bertz CT molecular complexity index is 448. The molecule has 0 aromatic heterocycles. The van der Waals surface area contributed by atoms with Gasteiger partial charge in [-0.1, -0.05) is 6.07 Å². The minimum atomic E-state index is -0.799. The molecule has 2 fully saturated rings. The molecule has 2 aliphatic rings. The second-order valence-electron chi connectivity index (χ2n) is 5.55. The van der Waals surface area contributed by atoms with Crippen LogP contribution in [0, 0.1) is 17.6 Å². The van der Waals surface area contributed by atoms with E-state index in [-0.39, 0.29) is 6.10 Å². The fourth-order valence-electron chi connectivity index (χ4n) is 2.72. The van der Waals surface area contributed by atoms with Crippen molar-refractivity contribution < 1.29 is 13.5 Å². The molecule has 0 radical (unpaired) electrons. The first-order valence-corrected chi connectivity index (χ1v) is 7.04. The van der Waals surface area contributed by atoms with Crippen molar-refractivity contribution in [1.82, 2.24) is 5.32 Å². The van der Waals surface area contributed by atoms with E-state index in [9.17, 15) is 8.78 Å². The minimum absolute atomic E-state index is 0.116. The molecule has 0 amide bonds. The molecule has 2 nitrogen and oxygen atoms in total. The van der Waals surface area contributed by atoms with Crippen molar-refractivity contribution in [2.75, 3.05) is 13.2 Å². The van der Waals surface area contributed by atoms with Crippen molar-refractivity contribution in [3.63, 3.8) is 0 Å². The lowest BCUT2D eigenvalue weighted by Crippen LogP contribution is -2.33. The summed E-state index contributed by atoms with van der Waals surface area (Å²) < 4.78 is 32.1. The van der Waals surface area contributed by atoms with Gasteiger partial charge in [0.25, 0.3) is 0 Å². The number of ether oxygens (including phenoxy) is 1. The Morgan fingerprint density at radius 3 is 2.74 bits per heavy atom. The average Bonchev–Trinajstić information content (AvgIpc) is 3.24. The monoisotopic (exact) mass is 267 g/mol. The normalized spacial score (nSPS) is 27.5. The number of hydrogen-bond acceptors (Lipinski definition) is 2.